The van der Waals surface area contributed by atoms with Crippen molar-refractivity contribution in [2.75, 3.05) is 13.2 Å². The maximum Gasteiger partial charge on any atom is 0.251 e. The molecule has 0 aliphatic carbocycles. The van der Waals surface area contributed by atoms with Gasteiger partial charge in [-0.25, -0.2) is 0 Å². The number of hydrogen-bond donors (Lipinski definition) is 2. The van der Waals surface area contributed by atoms with Crippen LogP contribution in [0.2, 0.25) is 0 Å². The molecule has 0 aliphatic heterocycles. The highest BCUT2D eigenvalue weighted by atomic mass is 16.2. The summed E-state index contributed by atoms with van der Waals surface area (Å²) in [5.74, 6) is 6.09. The summed E-state index contributed by atoms with van der Waals surface area (Å²) in [5.41, 5.74) is 2.37. The van der Waals surface area contributed by atoms with Crippen LogP contribution in [0.15, 0.2) is 18.2 Å². The van der Waals surface area contributed by atoms with Gasteiger partial charge in [0.05, 0.1) is 0 Å². The van der Waals surface area contributed by atoms with Gasteiger partial charge in [-0.15, -0.1) is 0 Å². The SMILES string of the molecule is Cc1cc(C#CCO)cc(C(=O)NCCCCC(C)C)c1. The molecule has 3 heteroatoms. The molecule has 0 aliphatic rings. The van der Waals surface area contributed by atoms with Gasteiger partial charge >= 0.3 is 0 Å². The Kier molecular flexibility index (Phi) is 7.56. The van der Waals surface area contributed by atoms with Gasteiger partial charge in [-0.1, -0.05) is 38.5 Å². The maximum atomic E-state index is 12.1. The molecule has 0 aromatic heterocycles. The van der Waals surface area contributed by atoms with Crippen molar-refractivity contribution in [3.63, 3.8) is 0 Å². The molecule has 0 spiro atoms. The van der Waals surface area contributed by atoms with Crippen LogP contribution in [0.1, 0.15) is 54.6 Å². The van der Waals surface area contributed by atoms with E-state index >= 15 is 0 Å². The monoisotopic (exact) mass is 287 g/mol. The molecule has 1 amide bonds. The Labute approximate surface area is 127 Å². The Morgan fingerprint density at radius 3 is 2.71 bits per heavy atom. The van der Waals surface area contributed by atoms with E-state index in [9.17, 15) is 4.79 Å². The van der Waals surface area contributed by atoms with Gasteiger partial charge in [0, 0.05) is 17.7 Å². The van der Waals surface area contributed by atoms with E-state index in [1.807, 2.05) is 19.1 Å². The Bertz CT molecular complexity index is 524. The zero-order valence-electron chi connectivity index (χ0n) is 13.2. The number of rotatable bonds is 6. The molecule has 0 saturated heterocycles. The molecule has 0 radical (unpaired) electrons. The van der Waals surface area contributed by atoms with E-state index in [0.717, 1.165) is 24.0 Å². The molecule has 1 aromatic rings. The first-order chi connectivity index (χ1) is 10.0. The number of benzene rings is 1. The Morgan fingerprint density at radius 1 is 1.29 bits per heavy atom. The van der Waals surface area contributed by atoms with Gasteiger partial charge in [0.2, 0.25) is 0 Å². The van der Waals surface area contributed by atoms with Crippen molar-refractivity contribution in [2.24, 2.45) is 5.92 Å². The lowest BCUT2D eigenvalue weighted by atomic mass is 10.1. The summed E-state index contributed by atoms with van der Waals surface area (Å²) in [6.07, 6.45) is 3.34. The number of nitrogens with one attached hydrogen (secondary N) is 1. The molecule has 1 aromatic carbocycles. The normalized spacial score (nSPS) is 10.1. The number of carbonyl (C=O) groups excluding carboxylic acids is 1. The standard InChI is InChI=1S/C18H25NO2/c1-14(2)7-4-5-9-19-18(21)17-12-15(3)11-16(13-17)8-6-10-20/h11-14,20H,4-5,7,9-10H2,1-3H3,(H,19,21). The molecule has 0 atom stereocenters. The van der Waals surface area contributed by atoms with Crippen molar-refractivity contribution in [3.05, 3.63) is 34.9 Å². The van der Waals surface area contributed by atoms with Crippen molar-refractivity contribution in [1.29, 1.82) is 0 Å². The predicted molar refractivity (Wildman–Crippen MR) is 86.2 cm³/mol. The van der Waals surface area contributed by atoms with Crippen LogP contribution < -0.4 is 5.32 Å². The van der Waals surface area contributed by atoms with Gasteiger partial charge in [0.15, 0.2) is 0 Å². The molecule has 1 rings (SSSR count). The molecule has 3 nitrogen and oxygen atoms in total. The second-order valence-corrected chi connectivity index (χ2v) is 5.69. The quantitative estimate of drug-likeness (QED) is 0.624. The van der Waals surface area contributed by atoms with E-state index in [2.05, 4.69) is 31.0 Å². The maximum absolute atomic E-state index is 12.1. The molecular weight excluding hydrogens is 262 g/mol. The van der Waals surface area contributed by atoms with E-state index < -0.39 is 0 Å². The molecule has 0 saturated carbocycles. The minimum atomic E-state index is -0.175. The van der Waals surface area contributed by atoms with E-state index in [1.54, 1.807) is 6.07 Å². The lowest BCUT2D eigenvalue weighted by molar-refractivity contribution is 0.0952. The Hall–Kier alpha value is -1.79. The van der Waals surface area contributed by atoms with Crippen LogP contribution in [-0.4, -0.2) is 24.2 Å². The fourth-order valence-corrected chi connectivity index (χ4v) is 2.11. The fourth-order valence-electron chi connectivity index (χ4n) is 2.11. The van der Waals surface area contributed by atoms with Gasteiger partial charge in [-0.3, -0.25) is 4.79 Å². The smallest absolute Gasteiger partial charge is 0.251 e. The molecule has 0 fully saturated rings. The van der Waals surface area contributed by atoms with Crippen LogP contribution in [0.3, 0.4) is 0 Å². The second-order valence-electron chi connectivity index (χ2n) is 5.69. The van der Waals surface area contributed by atoms with E-state index in [4.69, 9.17) is 5.11 Å². The summed E-state index contributed by atoms with van der Waals surface area (Å²) in [4.78, 5) is 12.1. The lowest BCUT2D eigenvalue weighted by Crippen LogP contribution is -2.24. The summed E-state index contributed by atoms with van der Waals surface area (Å²) in [5, 5.41) is 11.7. The van der Waals surface area contributed by atoms with E-state index in [1.165, 1.54) is 6.42 Å². The third kappa shape index (κ3) is 6.97. The van der Waals surface area contributed by atoms with Crippen LogP contribution in [0, 0.1) is 24.7 Å². The summed E-state index contributed by atoms with van der Waals surface area (Å²) < 4.78 is 0. The van der Waals surface area contributed by atoms with Gasteiger partial charge in [0.25, 0.3) is 5.91 Å². The summed E-state index contributed by atoms with van der Waals surface area (Å²) in [6.45, 7) is 6.88. The number of amides is 1. The minimum absolute atomic E-state index is 0.0599. The number of carbonyl (C=O) groups is 1. The topological polar surface area (TPSA) is 49.3 Å². The number of aliphatic hydroxyl groups is 1. The summed E-state index contributed by atoms with van der Waals surface area (Å²) in [6, 6.07) is 5.52. The van der Waals surface area contributed by atoms with Crippen molar-refractivity contribution in [3.8, 4) is 11.8 Å². The lowest BCUT2D eigenvalue weighted by Gasteiger charge is -2.08. The van der Waals surface area contributed by atoms with E-state index in [-0.39, 0.29) is 12.5 Å². The molecule has 21 heavy (non-hydrogen) atoms. The molecule has 0 unspecified atom stereocenters. The number of hydrogen-bond acceptors (Lipinski definition) is 2. The first-order valence-corrected chi connectivity index (χ1v) is 7.52. The van der Waals surface area contributed by atoms with Crippen molar-refractivity contribution >= 4 is 5.91 Å². The summed E-state index contributed by atoms with van der Waals surface area (Å²) >= 11 is 0. The highest BCUT2D eigenvalue weighted by Crippen LogP contribution is 2.09. The van der Waals surface area contributed by atoms with Gasteiger partial charge in [0.1, 0.15) is 6.61 Å². The number of aryl methyl sites for hydroxylation is 1. The average Bonchev–Trinajstić information content (AvgIpc) is 2.43. The molecule has 114 valence electrons. The minimum Gasteiger partial charge on any atom is -0.384 e. The largest absolute Gasteiger partial charge is 0.384 e. The predicted octanol–water partition coefficient (Wildman–Crippen LogP) is 2.89. The first-order valence-electron chi connectivity index (χ1n) is 7.52. The van der Waals surface area contributed by atoms with Crippen LogP contribution in [0.4, 0.5) is 0 Å². The third-order valence-corrected chi connectivity index (χ3v) is 3.15. The second kappa shape index (κ2) is 9.20. The average molecular weight is 287 g/mol. The van der Waals surface area contributed by atoms with Crippen LogP contribution >= 0.6 is 0 Å². The van der Waals surface area contributed by atoms with Crippen LogP contribution in [0.5, 0.6) is 0 Å². The molecule has 0 bridgehead atoms. The number of unbranched alkanes of at least 4 members (excludes halogenated alkanes) is 1. The molecular formula is C18H25NO2. The summed E-state index contributed by atoms with van der Waals surface area (Å²) in [7, 11) is 0. The van der Waals surface area contributed by atoms with Crippen molar-refractivity contribution in [1.82, 2.24) is 5.32 Å². The highest BCUT2D eigenvalue weighted by Gasteiger charge is 2.06. The molecule has 2 N–H and O–H groups in total. The van der Waals surface area contributed by atoms with Gasteiger partial charge < -0.3 is 10.4 Å². The third-order valence-electron chi connectivity index (χ3n) is 3.15. The highest BCUT2D eigenvalue weighted by molar-refractivity contribution is 5.94. The zero-order valence-corrected chi connectivity index (χ0v) is 13.2. The van der Waals surface area contributed by atoms with Gasteiger partial charge in [-0.2, -0.15) is 0 Å². The van der Waals surface area contributed by atoms with Crippen LogP contribution in [-0.2, 0) is 0 Å². The Morgan fingerprint density at radius 2 is 2.05 bits per heavy atom. The zero-order chi connectivity index (χ0) is 15.7. The van der Waals surface area contributed by atoms with Crippen molar-refractivity contribution < 1.29 is 9.90 Å². The molecule has 0 heterocycles. The van der Waals surface area contributed by atoms with Crippen molar-refractivity contribution in [2.45, 2.75) is 40.0 Å². The van der Waals surface area contributed by atoms with E-state index in [0.29, 0.717) is 18.0 Å². The van der Waals surface area contributed by atoms with Gasteiger partial charge in [-0.05, 0) is 43.0 Å². The first kappa shape index (κ1) is 17.3. The number of aliphatic hydroxyl groups excluding tert-OH is 1. The fraction of sp³-hybridized carbons (Fsp3) is 0.500. The Balaban J connectivity index is 2.55. The van der Waals surface area contributed by atoms with Crippen LogP contribution in [0.25, 0.3) is 0 Å².